The second kappa shape index (κ2) is 9.20. The van der Waals surface area contributed by atoms with E-state index in [-0.39, 0.29) is 5.97 Å². The van der Waals surface area contributed by atoms with Crippen molar-refractivity contribution in [3.63, 3.8) is 0 Å². The van der Waals surface area contributed by atoms with Crippen molar-refractivity contribution >= 4 is 5.97 Å². The van der Waals surface area contributed by atoms with Gasteiger partial charge in [0, 0.05) is 12.7 Å². The fraction of sp³-hybridized carbons (Fsp3) is 0.893. The Kier molecular flexibility index (Phi) is 6.92. The number of carbonyl (C=O) groups excluding carboxylic acids is 1. The van der Waals surface area contributed by atoms with Gasteiger partial charge < -0.3 is 9.84 Å². The largest absolute Gasteiger partial charge is 0.463 e. The number of allylic oxidation sites excluding steroid dienone is 1. The van der Waals surface area contributed by atoms with E-state index in [4.69, 9.17) is 4.74 Å². The van der Waals surface area contributed by atoms with E-state index in [1.807, 2.05) is 13.0 Å². The maximum absolute atomic E-state index is 12.0. The van der Waals surface area contributed by atoms with Gasteiger partial charge in [0.2, 0.25) is 0 Å². The first-order valence-corrected chi connectivity index (χ1v) is 13.3. The van der Waals surface area contributed by atoms with Crippen LogP contribution in [0.1, 0.15) is 98.3 Å². The first kappa shape index (κ1) is 23.3. The quantitative estimate of drug-likeness (QED) is 0.384. The molecule has 8 atom stereocenters. The first-order valence-electron chi connectivity index (χ1n) is 13.3. The topological polar surface area (TPSA) is 46.5 Å². The summed E-state index contributed by atoms with van der Waals surface area (Å²) >= 11 is 0. The predicted octanol–water partition coefficient (Wildman–Crippen LogP) is 6.54. The molecule has 0 spiro atoms. The molecule has 0 aromatic rings. The van der Waals surface area contributed by atoms with Gasteiger partial charge >= 0.3 is 5.97 Å². The number of rotatable bonds is 6. The van der Waals surface area contributed by atoms with Crippen molar-refractivity contribution in [2.75, 3.05) is 13.2 Å². The van der Waals surface area contributed by atoms with Gasteiger partial charge in [-0.2, -0.15) is 0 Å². The zero-order chi connectivity index (χ0) is 22.2. The molecule has 0 aromatic carbocycles. The van der Waals surface area contributed by atoms with Crippen molar-refractivity contribution in [1.82, 2.24) is 0 Å². The monoisotopic (exact) mass is 430 g/mol. The summed E-state index contributed by atoms with van der Waals surface area (Å²) in [6.07, 6.45) is 15.8. The Morgan fingerprint density at radius 1 is 1.13 bits per heavy atom. The Balaban J connectivity index is 1.47. The normalized spacial score (nSPS) is 44.3. The van der Waals surface area contributed by atoms with Crippen molar-refractivity contribution in [3.05, 3.63) is 11.6 Å². The number of carbonyl (C=O) groups is 1. The highest BCUT2D eigenvalue weighted by atomic mass is 16.5. The molecule has 4 fully saturated rings. The standard InChI is InChI=1S/C28H46O3/c1-5-31-26(30)18-20-12-14-27(3)21(17-20)8-9-22-24-11-10-23(19(2)7-6-16-29)28(24,4)15-13-25(22)27/h18-19,21-25,29H,5-17H2,1-4H3/b20-18-/t19?,21?,22?,23-,24+,25+,27?,28?/m1/s1. The molecule has 5 unspecified atom stereocenters. The van der Waals surface area contributed by atoms with Gasteiger partial charge in [0.05, 0.1) is 6.61 Å². The third-order valence-electron chi connectivity index (χ3n) is 10.7. The summed E-state index contributed by atoms with van der Waals surface area (Å²) in [4.78, 5) is 12.0. The van der Waals surface area contributed by atoms with Crippen LogP contribution in [0, 0.1) is 46.3 Å². The van der Waals surface area contributed by atoms with Crippen LogP contribution in [0.5, 0.6) is 0 Å². The fourth-order valence-corrected chi connectivity index (χ4v) is 9.18. The van der Waals surface area contributed by atoms with Crippen LogP contribution in [0.4, 0.5) is 0 Å². The molecule has 3 nitrogen and oxygen atoms in total. The summed E-state index contributed by atoms with van der Waals surface area (Å²) in [5, 5.41) is 9.31. The Morgan fingerprint density at radius 2 is 1.90 bits per heavy atom. The number of aliphatic hydroxyl groups excluding tert-OH is 1. The zero-order valence-electron chi connectivity index (χ0n) is 20.5. The van der Waals surface area contributed by atoms with Gasteiger partial charge in [0.15, 0.2) is 0 Å². The van der Waals surface area contributed by atoms with Gasteiger partial charge in [0.1, 0.15) is 0 Å². The SMILES string of the molecule is CCOC(=O)/C=C1/CCC2(C)C(CCC3[C@@H]2CCC2(C)[C@@H](C(C)CCCO)CC[C@@H]32)C1. The van der Waals surface area contributed by atoms with Gasteiger partial charge in [-0.1, -0.05) is 26.3 Å². The summed E-state index contributed by atoms with van der Waals surface area (Å²) in [5.41, 5.74) is 2.30. The molecule has 0 radical (unpaired) electrons. The van der Waals surface area contributed by atoms with Gasteiger partial charge in [-0.25, -0.2) is 4.79 Å². The number of aliphatic hydroxyl groups is 1. The highest BCUT2D eigenvalue weighted by Gasteiger charge is 2.60. The van der Waals surface area contributed by atoms with Crippen molar-refractivity contribution in [3.8, 4) is 0 Å². The molecular weight excluding hydrogens is 384 g/mol. The fourth-order valence-electron chi connectivity index (χ4n) is 9.18. The van der Waals surface area contributed by atoms with Crippen molar-refractivity contribution in [2.45, 2.75) is 98.3 Å². The lowest BCUT2D eigenvalue weighted by Crippen LogP contribution is -2.53. The Hall–Kier alpha value is -0.830. The summed E-state index contributed by atoms with van der Waals surface area (Å²) < 4.78 is 5.17. The van der Waals surface area contributed by atoms with Crippen LogP contribution in [-0.2, 0) is 9.53 Å². The van der Waals surface area contributed by atoms with Crippen LogP contribution in [0.25, 0.3) is 0 Å². The van der Waals surface area contributed by atoms with Crippen LogP contribution < -0.4 is 0 Å². The predicted molar refractivity (Wildman–Crippen MR) is 125 cm³/mol. The summed E-state index contributed by atoms with van der Waals surface area (Å²) in [6.45, 7) is 10.4. The van der Waals surface area contributed by atoms with E-state index in [9.17, 15) is 9.90 Å². The number of hydrogen-bond donors (Lipinski definition) is 1. The van der Waals surface area contributed by atoms with Crippen LogP contribution in [0.3, 0.4) is 0 Å². The Bertz CT molecular complexity index is 684. The summed E-state index contributed by atoms with van der Waals surface area (Å²) in [6, 6.07) is 0. The van der Waals surface area contributed by atoms with Crippen LogP contribution in [-0.4, -0.2) is 24.3 Å². The van der Waals surface area contributed by atoms with Gasteiger partial charge in [-0.05, 0) is 124 Å². The molecule has 3 heteroatoms. The molecule has 0 saturated heterocycles. The molecule has 4 saturated carbocycles. The highest BCUT2D eigenvalue weighted by molar-refractivity contribution is 5.82. The van der Waals surface area contributed by atoms with Crippen LogP contribution in [0.15, 0.2) is 11.6 Å². The van der Waals surface area contributed by atoms with E-state index in [1.54, 1.807) is 0 Å². The Morgan fingerprint density at radius 3 is 2.65 bits per heavy atom. The third kappa shape index (κ3) is 4.13. The van der Waals surface area contributed by atoms with E-state index >= 15 is 0 Å². The van der Waals surface area contributed by atoms with E-state index in [0.717, 1.165) is 54.8 Å². The lowest BCUT2D eigenvalue weighted by molar-refractivity contribution is -0.137. The minimum Gasteiger partial charge on any atom is -0.463 e. The zero-order valence-corrected chi connectivity index (χ0v) is 20.5. The van der Waals surface area contributed by atoms with Crippen molar-refractivity contribution < 1.29 is 14.6 Å². The summed E-state index contributed by atoms with van der Waals surface area (Å²) in [5.74, 6) is 4.88. The lowest BCUT2D eigenvalue weighted by atomic mass is 9.44. The molecule has 0 bridgehead atoms. The van der Waals surface area contributed by atoms with E-state index in [2.05, 4.69) is 20.8 Å². The third-order valence-corrected chi connectivity index (χ3v) is 10.7. The summed E-state index contributed by atoms with van der Waals surface area (Å²) in [7, 11) is 0. The molecule has 0 aromatic heterocycles. The number of ether oxygens (including phenoxy) is 1. The molecule has 4 rings (SSSR count). The number of esters is 1. The molecular formula is C28H46O3. The van der Waals surface area contributed by atoms with E-state index in [0.29, 0.717) is 24.0 Å². The van der Waals surface area contributed by atoms with Gasteiger partial charge in [-0.3, -0.25) is 0 Å². The van der Waals surface area contributed by atoms with Gasteiger partial charge in [-0.15, -0.1) is 0 Å². The molecule has 0 heterocycles. The average Bonchev–Trinajstić information content (AvgIpc) is 3.09. The number of fused-ring (bicyclic) bond motifs is 5. The van der Waals surface area contributed by atoms with Crippen LogP contribution >= 0.6 is 0 Å². The molecule has 176 valence electrons. The first-order chi connectivity index (χ1) is 14.8. The minimum absolute atomic E-state index is 0.143. The van der Waals surface area contributed by atoms with Crippen molar-refractivity contribution in [2.24, 2.45) is 46.3 Å². The van der Waals surface area contributed by atoms with E-state index in [1.165, 1.54) is 56.9 Å². The van der Waals surface area contributed by atoms with E-state index < -0.39 is 0 Å². The van der Waals surface area contributed by atoms with Gasteiger partial charge in [0.25, 0.3) is 0 Å². The molecule has 1 N–H and O–H groups in total. The minimum atomic E-state index is -0.143. The number of hydrogen-bond acceptors (Lipinski definition) is 3. The molecule has 4 aliphatic rings. The Labute approximate surface area is 190 Å². The van der Waals surface area contributed by atoms with Crippen LogP contribution in [0.2, 0.25) is 0 Å². The molecule has 0 aliphatic heterocycles. The smallest absolute Gasteiger partial charge is 0.330 e. The molecule has 31 heavy (non-hydrogen) atoms. The maximum Gasteiger partial charge on any atom is 0.330 e. The average molecular weight is 431 g/mol. The second-order valence-electron chi connectivity index (χ2n) is 12.0. The maximum atomic E-state index is 12.0. The van der Waals surface area contributed by atoms with Crippen molar-refractivity contribution in [1.29, 1.82) is 0 Å². The lowest BCUT2D eigenvalue weighted by Gasteiger charge is -2.61. The second-order valence-corrected chi connectivity index (χ2v) is 12.0. The molecule has 4 aliphatic carbocycles. The molecule has 0 amide bonds. The highest BCUT2D eigenvalue weighted by Crippen LogP contribution is 2.68.